The summed E-state index contributed by atoms with van der Waals surface area (Å²) in [5, 5.41) is 41.6. The van der Waals surface area contributed by atoms with Crippen LogP contribution in [0.1, 0.15) is 56.7 Å². The van der Waals surface area contributed by atoms with E-state index in [1.807, 2.05) is 6.92 Å². The van der Waals surface area contributed by atoms with Gasteiger partial charge >= 0.3 is 11.5 Å². The van der Waals surface area contributed by atoms with Gasteiger partial charge in [-0.2, -0.15) is 9.78 Å². The molecule has 0 saturated heterocycles. The lowest BCUT2D eigenvalue weighted by molar-refractivity contribution is -0.394. The molecule has 0 radical (unpaired) electrons. The van der Waals surface area contributed by atoms with E-state index >= 15 is 0 Å². The number of ether oxygens (including phenoxy) is 2. The molecule has 16 heteroatoms. The Balaban J connectivity index is 1.73. The van der Waals surface area contributed by atoms with E-state index in [0.29, 0.717) is 30.9 Å². The minimum absolute atomic E-state index is 0.147. The SMILES string of the molecule is CCCCc1nc(C(CCC)(OC)OC)nn1Cc1ccc(-n2c([N+](=O)[O-])cc([N+](=O)[O-])c2-c2nn[nH]n2)cc1. The number of methoxy groups -OCH3 is 2. The van der Waals surface area contributed by atoms with Crippen LogP contribution in [0.4, 0.5) is 11.5 Å². The number of nitrogens with zero attached hydrogens (tertiary/aromatic N) is 9. The van der Waals surface area contributed by atoms with Gasteiger partial charge in [-0.05, 0) is 34.3 Å². The molecule has 0 bridgehead atoms. The van der Waals surface area contributed by atoms with Crippen molar-refractivity contribution in [2.75, 3.05) is 14.2 Å². The first-order valence-electron chi connectivity index (χ1n) is 12.7. The van der Waals surface area contributed by atoms with Gasteiger partial charge in [-0.1, -0.05) is 38.8 Å². The maximum absolute atomic E-state index is 11.8. The predicted molar refractivity (Wildman–Crippen MR) is 141 cm³/mol. The molecule has 0 aliphatic carbocycles. The normalized spacial score (nSPS) is 11.7. The largest absolute Gasteiger partial charge is 0.358 e. The van der Waals surface area contributed by atoms with E-state index < -0.39 is 27.1 Å². The number of benzene rings is 1. The van der Waals surface area contributed by atoms with Crippen molar-refractivity contribution in [3.8, 4) is 17.2 Å². The number of H-pyrrole nitrogens is 1. The summed E-state index contributed by atoms with van der Waals surface area (Å²) in [4.78, 5) is 26.9. The molecule has 3 heterocycles. The molecule has 0 aliphatic heterocycles. The molecule has 3 aromatic heterocycles. The fourth-order valence-corrected chi connectivity index (χ4v) is 4.51. The van der Waals surface area contributed by atoms with E-state index in [2.05, 4.69) is 27.5 Å². The molecule has 1 N–H and O–H groups in total. The number of hydrogen-bond donors (Lipinski definition) is 1. The molecular formula is C24H30N10O6. The molecule has 40 heavy (non-hydrogen) atoms. The monoisotopic (exact) mass is 554 g/mol. The van der Waals surface area contributed by atoms with E-state index in [4.69, 9.17) is 19.6 Å². The number of hydrogen-bond acceptors (Lipinski definition) is 11. The number of aromatic nitrogens is 8. The van der Waals surface area contributed by atoms with Gasteiger partial charge < -0.3 is 19.6 Å². The Labute approximate surface area is 228 Å². The number of unbranched alkanes of at least 4 members (excludes halogenated alkanes) is 1. The molecule has 0 saturated carbocycles. The van der Waals surface area contributed by atoms with Crippen LogP contribution in [0, 0.1) is 20.2 Å². The minimum Gasteiger partial charge on any atom is -0.358 e. The van der Waals surface area contributed by atoms with Crippen LogP contribution in [0.25, 0.3) is 17.2 Å². The Morgan fingerprint density at radius 1 is 1.05 bits per heavy atom. The summed E-state index contributed by atoms with van der Waals surface area (Å²) in [7, 11) is 3.13. The Hall–Kier alpha value is -4.57. The minimum atomic E-state index is -1.06. The van der Waals surface area contributed by atoms with Crippen molar-refractivity contribution in [1.82, 2.24) is 40.0 Å². The highest BCUT2D eigenvalue weighted by atomic mass is 16.7. The zero-order chi connectivity index (χ0) is 28.9. The molecule has 4 aromatic rings. The van der Waals surface area contributed by atoms with Crippen molar-refractivity contribution >= 4 is 11.5 Å². The summed E-state index contributed by atoms with van der Waals surface area (Å²) in [6.07, 6.45) is 4.00. The summed E-state index contributed by atoms with van der Waals surface area (Å²) < 4.78 is 14.3. The van der Waals surface area contributed by atoms with Gasteiger partial charge in [-0.25, -0.2) is 9.67 Å². The molecule has 16 nitrogen and oxygen atoms in total. The topological polar surface area (TPSA) is 195 Å². The van der Waals surface area contributed by atoms with Gasteiger partial charge in [0.05, 0.1) is 11.5 Å². The number of nitro groups is 2. The van der Waals surface area contributed by atoms with Gasteiger partial charge in [0.15, 0.2) is 0 Å². The molecule has 4 rings (SSSR count). The van der Waals surface area contributed by atoms with E-state index in [-0.39, 0.29) is 11.5 Å². The Morgan fingerprint density at radius 2 is 1.77 bits per heavy atom. The molecular weight excluding hydrogens is 524 g/mol. The van der Waals surface area contributed by atoms with Crippen molar-refractivity contribution in [3.05, 3.63) is 67.8 Å². The first kappa shape index (κ1) is 28.4. The third-order valence-electron chi connectivity index (χ3n) is 6.51. The third-order valence-corrected chi connectivity index (χ3v) is 6.51. The zero-order valence-electron chi connectivity index (χ0n) is 22.6. The summed E-state index contributed by atoms with van der Waals surface area (Å²) in [5.41, 5.74) is 0.473. The molecule has 0 aliphatic rings. The molecule has 1 aromatic carbocycles. The Kier molecular flexibility index (Phi) is 8.59. The lowest BCUT2D eigenvalue weighted by atomic mass is 10.1. The molecule has 0 spiro atoms. The maximum Gasteiger partial charge on any atom is 0.335 e. The third kappa shape index (κ3) is 5.43. The summed E-state index contributed by atoms with van der Waals surface area (Å²) in [6, 6.07) is 7.67. The molecule has 0 fully saturated rings. The maximum atomic E-state index is 11.8. The summed E-state index contributed by atoms with van der Waals surface area (Å²) >= 11 is 0. The highest BCUT2D eigenvalue weighted by Gasteiger charge is 2.37. The van der Waals surface area contributed by atoms with Gasteiger partial charge in [0.25, 0.3) is 11.5 Å². The van der Waals surface area contributed by atoms with Gasteiger partial charge in [-0.3, -0.25) is 10.1 Å². The van der Waals surface area contributed by atoms with Crippen LogP contribution in [0.15, 0.2) is 30.3 Å². The van der Waals surface area contributed by atoms with E-state index in [9.17, 15) is 20.2 Å². The average Bonchev–Trinajstić information content (AvgIpc) is 3.70. The fraction of sp³-hybridized carbons (Fsp3) is 0.458. The number of tetrazole rings is 1. The van der Waals surface area contributed by atoms with Crippen molar-refractivity contribution in [2.45, 2.75) is 58.3 Å². The van der Waals surface area contributed by atoms with E-state index in [0.717, 1.165) is 41.3 Å². The average molecular weight is 555 g/mol. The first-order valence-corrected chi connectivity index (χ1v) is 12.7. The van der Waals surface area contributed by atoms with E-state index in [1.54, 1.807) is 43.2 Å². The Morgan fingerprint density at radius 3 is 2.33 bits per heavy atom. The quantitative estimate of drug-likeness (QED) is 0.136. The highest BCUT2D eigenvalue weighted by molar-refractivity contribution is 5.72. The smallest absolute Gasteiger partial charge is 0.335 e. The molecule has 0 amide bonds. The van der Waals surface area contributed by atoms with Crippen LogP contribution in [0.2, 0.25) is 0 Å². The van der Waals surface area contributed by atoms with Crippen LogP contribution in [0.5, 0.6) is 0 Å². The van der Waals surface area contributed by atoms with E-state index in [1.165, 1.54) is 0 Å². The second kappa shape index (κ2) is 12.1. The standard InChI is InChI=1S/C24H30N10O6/c1-5-7-8-19-25-23(24(39-3,40-4)13-6-2)28-31(19)15-16-9-11-17(12-10-16)32-20(34(37)38)14-18(33(35)36)21(32)22-26-29-30-27-22/h9-12,14H,5-8,13,15H2,1-4H3,(H,26,27,29,30). The van der Waals surface area contributed by atoms with Crippen molar-refractivity contribution in [1.29, 1.82) is 0 Å². The number of aromatic amines is 1. The highest BCUT2D eigenvalue weighted by Crippen LogP contribution is 2.37. The van der Waals surface area contributed by atoms with Crippen molar-refractivity contribution < 1.29 is 19.3 Å². The second-order valence-electron chi connectivity index (χ2n) is 9.01. The second-order valence-corrected chi connectivity index (χ2v) is 9.01. The van der Waals surface area contributed by atoms with Gasteiger partial charge in [0.2, 0.25) is 11.6 Å². The Bertz CT molecular complexity index is 1460. The lowest BCUT2D eigenvalue weighted by Crippen LogP contribution is -2.32. The summed E-state index contributed by atoms with van der Waals surface area (Å²) in [6.45, 7) is 4.49. The van der Waals surface area contributed by atoms with Crippen LogP contribution < -0.4 is 0 Å². The predicted octanol–water partition coefficient (Wildman–Crippen LogP) is 3.70. The zero-order valence-corrected chi connectivity index (χ0v) is 22.6. The van der Waals surface area contributed by atoms with Crippen molar-refractivity contribution in [2.24, 2.45) is 0 Å². The van der Waals surface area contributed by atoms with Gasteiger partial charge in [-0.15, -0.1) is 15.3 Å². The van der Waals surface area contributed by atoms with Crippen LogP contribution in [-0.4, -0.2) is 64.0 Å². The summed E-state index contributed by atoms with van der Waals surface area (Å²) in [5.74, 6) is -0.480. The fourth-order valence-electron chi connectivity index (χ4n) is 4.51. The van der Waals surface area contributed by atoms with Crippen LogP contribution >= 0.6 is 0 Å². The van der Waals surface area contributed by atoms with Crippen LogP contribution in [-0.2, 0) is 28.2 Å². The van der Waals surface area contributed by atoms with Crippen molar-refractivity contribution in [3.63, 3.8) is 0 Å². The van der Waals surface area contributed by atoms with Gasteiger partial charge in [0, 0.05) is 27.1 Å². The number of aryl methyl sites for hydroxylation is 1. The molecule has 0 atom stereocenters. The molecule has 0 unspecified atom stereocenters. The van der Waals surface area contributed by atoms with Crippen LogP contribution in [0.3, 0.4) is 0 Å². The lowest BCUT2D eigenvalue weighted by Gasteiger charge is -2.27. The molecule has 212 valence electrons. The first-order chi connectivity index (χ1) is 19.3. The number of rotatable bonds is 14. The number of nitrogens with one attached hydrogen (secondary N) is 1. The van der Waals surface area contributed by atoms with Gasteiger partial charge in [0.1, 0.15) is 17.6 Å².